The Labute approximate surface area is 143 Å². The van der Waals surface area contributed by atoms with Crippen LogP contribution >= 0.6 is 11.8 Å². The lowest BCUT2D eigenvalue weighted by Crippen LogP contribution is -2.14. The molecule has 2 rings (SSSR count). The predicted molar refractivity (Wildman–Crippen MR) is 100 cm³/mol. The van der Waals surface area contributed by atoms with Crippen molar-refractivity contribution in [3.8, 4) is 0 Å². The molecule has 0 saturated carbocycles. The van der Waals surface area contributed by atoms with Gasteiger partial charge in [-0.05, 0) is 54.2 Å². The van der Waals surface area contributed by atoms with E-state index in [1.54, 1.807) is 11.8 Å². The first kappa shape index (κ1) is 17.6. The maximum absolute atomic E-state index is 12.2. The summed E-state index contributed by atoms with van der Waals surface area (Å²) in [6, 6.07) is 14.4. The maximum Gasteiger partial charge on any atom is 0.234 e. The Kier molecular flexibility index (Phi) is 5.53. The van der Waals surface area contributed by atoms with Crippen LogP contribution in [-0.2, 0) is 10.2 Å². The quantitative estimate of drug-likeness (QED) is 0.769. The predicted octanol–water partition coefficient (Wildman–Crippen LogP) is 5.33. The summed E-state index contributed by atoms with van der Waals surface area (Å²) in [5, 5.41) is 2.96. The van der Waals surface area contributed by atoms with E-state index in [0.29, 0.717) is 5.75 Å². The van der Waals surface area contributed by atoms with Crippen LogP contribution in [0.4, 0.5) is 5.69 Å². The smallest absolute Gasteiger partial charge is 0.234 e. The van der Waals surface area contributed by atoms with Gasteiger partial charge < -0.3 is 5.32 Å². The number of carbonyl (C=O) groups excluding carboxylic acids is 1. The van der Waals surface area contributed by atoms with Gasteiger partial charge in [-0.25, -0.2) is 0 Å². The fourth-order valence-electron chi connectivity index (χ4n) is 2.29. The average Bonchev–Trinajstić information content (AvgIpc) is 2.45. The molecule has 2 aromatic rings. The summed E-state index contributed by atoms with van der Waals surface area (Å²) in [6.45, 7) is 10.7. The third-order valence-electron chi connectivity index (χ3n) is 3.71. The van der Waals surface area contributed by atoms with E-state index in [2.05, 4.69) is 51.2 Å². The fraction of sp³-hybridized carbons (Fsp3) is 0.350. The number of thioether (sulfide) groups is 1. The zero-order valence-corrected chi connectivity index (χ0v) is 15.4. The molecule has 0 saturated heterocycles. The van der Waals surface area contributed by atoms with E-state index in [-0.39, 0.29) is 11.3 Å². The van der Waals surface area contributed by atoms with E-state index >= 15 is 0 Å². The lowest BCUT2D eigenvalue weighted by molar-refractivity contribution is -0.113. The standard InChI is InChI=1S/C20H25NOS/c1-14-7-6-8-17(11-14)21-19(22)13-23-18-12-16(20(3,4)5)10-9-15(18)2/h6-12H,13H2,1-5H3,(H,21,22). The molecule has 2 nitrogen and oxygen atoms in total. The van der Waals surface area contributed by atoms with Gasteiger partial charge >= 0.3 is 0 Å². The molecule has 122 valence electrons. The van der Waals surface area contributed by atoms with Gasteiger partial charge in [0.15, 0.2) is 0 Å². The second-order valence-corrected chi connectivity index (χ2v) is 7.95. The lowest BCUT2D eigenvalue weighted by atomic mass is 9.87. The SMILES string of the molecule is Cc1cccc(NC(=O)CSc2cc(C(C)(C)C)ccc2C)c1. The van der Waals surface area contributed by atoms with Gasteiger partial charge in [0, 0.05) is 10.6 Å². The first-order valence-electron chi connectivity index (χ1n) is 7.86. The normalized spacial score (nSPS) is 11.3. The third-order valence-corrected chi connectivity index (χ3v) is 4.87. The van der Waals surface area contributed by atoms with Crippen molar-refractivity contribution in [2.24, 2.45) is 0 Å². The molecule has 0 fully saturated rings. The minimum absolute atomic E-state index is 0.0289. The van der Waals surface area contributed by atoms with Crippen LogP contribution in [0.15, 0.2) is 47.4 Å². The van der Waals surface area contributed by atoms with Crippen molar-refractivity contribution in [3.63, 3.8) is 0 Å². The number of hydrogen-bond donors (Lipinski definition) is 1. The van der Waals surface area contributed by atoms with Crippen LogP contribution < -0.4 is 5.32 Å². The molecule has 2 aromatic carbocycles. The highest BCUT2D eigenvalue weighted by atomic mass is 32.2. The molecule has 1 amide bonds. The molecular weight excluding hydrogens is 302 g/mol. The zero-order valence-electron chi connectivity index (χ0n) is 14.6. The van der Waals surface area contributed by atoms with Crippen molar-refractivity contribution in [2.75, 3.05) is 11.1 Å². The fourth-order valence-corrected chi connectivity index (χ4v) is 3.15. The van der Waals surface area contributed by atoms with Gasteiger partial charge in [0.25, 0.3) is 0 Å². The minimum Gasteiger partial charge on any atom is -0.325 e. The van der Waals surface area contributed by atoms with E-state index in [4.69, 9.17) is 0 Å². The molecule has 3 heteroatoms. The highest BCUT2D eigenvalue weighted by molar-refractivity contribution is 8.00. The molecule has 23 heavy (non-hydrogen) atoms. The van der Waals surface area contributed by atoms with Crippen molar-refractivity contribution >= 4 is 23.4 Å². The molecule has 0 atom stereocenters. The molecule has 0 aromatic heterocycles. The number of amides is 1. The van der Waals surface area contributed by atoms with Crippen LogP contribution in [0, 0.1) is 13.8 Å². The van der Waals surface area contributed by atoms with E-state index < -0.39 is 0 Å². The Morgan fingerprint density at radius 2 is 1.83 bits per heavy atom. The highest BCUT2D eigenvalue weighted by Gasteiger charge is 2.15. The van der Waals surface area contributed by atoms with E-state index in [1.165, 1.54) is 16.0 Å². The highest BCUT2D eigenvalue weighted by Crippen LogP contribution is 2.29. The number of nitrogens with one attached hydrogen (secondary N) is 1. The Morgan fingerprint density at radius 1 is 1.09 bits per heavy atom. The molecule has 0 aliphatic carbocycles. The Balaban J connectivity index is 2.01. The molecule has 1 N–H and O–H groups in total. The van der Waals surface area contributed by atoms with Crippen LogP contribution in [-0.4, -0.2) is 11.7 Å². The van der Waals surface area contributed by atoms with Gasteiger partial charge in [0.1, 0.15) is 0 Å². The van der Waals surface area contributed by atoms with Gasteiger partial charge in [-0.15, -0.1) is 11.8 Å². The monoisotopic (exact) mass is 327 g/mol. The zero-order chi connectivity index (χ0) is 17.0. The molecule has 0 heterocycles. The number of carbonyl (C=O) groups is 1. The summed E-state index contributed by atoms with van der Waals surface area (Å²) in [5.41, 5.74) is 4.63. The summed E-state index contributed by atoms with van der Waals surface area (Å²) in [4.78, 5) is 13.3. The number of benzene rings is 2. The second-order valence-electron chi connectivity index (χ2n) is 6.94. The largest absolute Gasteiger partial charge is 0.325 e. The van der Waals surface area contributed by atoms with Crippen LogP contribution in [0.1, 0.15) is 37.5 Å². The van der Waals surface area contributed by atoms with Crippen LogP contribution in [0.25, 0.3) is 0 Å². The number of hydrogen-bond acceptors (Lipinski definition) is 2. The van der Waals surface area contributed by atoms with Crippen molar-refractivity contribution in [1.29, 1.82) is 0 Å². The number of anilines is 1. The van der Waals surface area contributed by atoms with Gasteiger partial charge in [-0.2, -0.15) is 0 Å². The Hall–Kier alpha value is -1.74. The average molecular weight is 327 g/mol. The minimum atomic E-state index is 0.0289. The van der Waals surface area contributed by atoms with Crippen LogP contribution in [0.5, 0.6) is 0 Å². The molecular formula is C20H25NOS. The van der Waals surface area contributed by atoms with Gasteiger partial charge in [-0.3, -0.25) is 4.79 Å². The lowest BCUT2D eigenvalue weighted by Gasteiger charge is -2.20. The summed E-state index contributed by atoms with van der Waals surface area (Å²) in [6.07, 6.45) is 0. The maximum atomic E-state index is 12.2. The van der Waals surface area contributed by atoms with E-state index in [1.807, 2.05) is 31.2 Å². The van der Waals surface area contributed by atoms with Crippen molar-refractivity contribution in [1.82, 2.24) is 0 Å². The summed E-state index contributed by atoms with van der Waals surface area (Å²) < 4.78 is 0. The van der Waals surface area contributed by atoms with Gasteiger partial charge in [0.05, 0.1) is 5.75 Å². The number of rotatable bonds is 4. The molecule has 0 bridgehead atoms. The molecule has 0 spiro atoms. The molecule has 0 aliphatic heterocycles. The van der Waals surface area contributed by atoms with E-state index in [0.717, 1.165) is 11.3 Å². The second kappa shape index (κ2) is 7.22. The summed E-state index contributed by atoms with van der Waals surface area (Å²) in [7, 11) is 0. The van der Waals surface area contributed by atoms with Crippen molar-refractivity contribution in [2.45, 2.75) is 44.9 Å². The topological polar surface area (TPSA) is 29.1 Å². The van der Waals surface area contributed by atoms with Gasteiger partial charge in [-0.1, -0.05) is 45.0 Å². The first-order chi connectivity index (χ1) is 10.8. The molecule has 0 radical (unpaired) electrons. The van der Waals surface area contributed by atoms with Crippen LogP contribution in [0.3, 0.4) is 0 Å². The van der Waals surface area contributed by atoms with Gasteiger partial charge in [0.2, 0.25) is 5.91 Å². The number of aryl methyl sites for hydroxylation is 2. The Bertz CT molecular complexity index is 701. The molecule has 0 aliphatic rings. The van der Waals surface area contributed by atoms with Crippen molar-refractivity contribution < 1.29 is 4.79 Å². The Morgan fingerprint density at radius 3 is 2.48 bits per heavy atom. The summed E-state index contributed by atoms with van der Waals surface area (Å²) >= 11 is 1.60. The first-order valence-corrected chi connectivity index (χ1v) is 8.85. The third kappa shape index (κ3) is 5.14. The molecule has 0 unspecified atom stereocenters. The summed E-state index contributed by atoms with van der Waals surface area (Å²) in [5.74, 6) is 0.448. The van der Waals surface area contributed by atoms with E-state index in [9.17, 15) is 4.79 Å². The van der Waals surface area contributed by atoms with Crippen LogP contribution in [0.2, 0.25) is 0 Å². The van der Waals surface area contributed by atoms with Crippen molar-refractivity contribution in [3.05, 3.63) is 59.2 Å².